The zero-order valence-corrected chi connectivity index (χ0v) is 16.7. The quantitative estimate of drug-likeness (QED) is 0.832. The van der Waals surface area contributed by atoms with E-state index in [9.17, 15) is 4.79 Å². The minimum atomic E-state index is -0.00526. The van der Waals surface area contributed by atoms with Crippen molar-refractivity contribution in [2.24, 2.45) is 11.8 Å². The van der Waals surface area contributed by atoms with Gasteiger partial charge in [-0.15, -0.1) is 0 Å². The van der Waals surface area contributed by atoms with E-state index in [1.807, 2.05) is 11.0 Å². The van der Waals surface area contributed by atoms with Gasteiger partial charge in [0.05, 0.1) is 0 Å². The molecule has 1 aromatic carbocycles. The van der Waals surface area contributed by atoms with Crippen LogP contribution in [0.4, 0.5) is 0 Å². The summed E-state index contributed by atoms with van der Waals surface area (Å²) in [5.74, 6) is 2.30. The third-order valence-corrected chi connectivity index (χ3v) is 5.97. The molecule has 28 heavy (non-hydrogen) atoms. The van der Waals surface area contributed by atoms with Crippen LogP contribution >= 0.6 is 0 Å². The molecule has 1 aromatic heterocycles. The average Bonchev–Trinajstić information content (AvgIpc) is 3.37. The van der Waals surface area contributed by atoms with Crippen molar-refractivity contribution >= 4 is 5.91 Å². The van der Waals surface area contributed by atoms with Crippen molar-refractivity contribution in [3.8, 4) is 0 Å². The van der Waals surface area contributed by atoms with Crippen LogP contribution in [0.25, 0.3) is 0 Å². The summed E-state index contributed by atoms with van der Waals surface area (Å²) in [5.41, 5.74) is 8.65. The third kappa shape index (κ3) is 4.13. The number of aromatic nitrogens is 1. The number of likely N-dealkylation sites (tertiary alicyclic amines) is 1. The molecule has 2 fully saturated rings. The van der Waals surface area contributed by atoms with E-state index in [1.54, 1.807) is 0 Å². The molecule has 0 radical (unpaired) electrons. The summed E-state index contributed by atoms with van der Waals surface area (Å²) in [4.78, 5) is 14.7. The largest absolute Gasteiger partial charge is 0.361 e. The fourth-order valence-corrected chi connectivity index (χ4v) is 4.52. The summed E-state index contributed by atoms with van der Waals surface area (Å²) < 4.78 is 5.34. The first-order chi connectivity index (χ1) is 13.6. The number of hydrazine groups is 1. The molecule has 0 spiro atoms. The number of piperidine rings is 1. The second kappa shape index (κ2) is 8.45. The molecular weight excluding hydrogens is 352 g/mol. The number of hydrogen-bond acceptors (Lipinski definition) is 5. The Balaban J connectivity index is 1.35. The van der Waals surface area contributed by atoms with Gasteiger partial charge in [-0.1, -0.05) is 49.3 Å². The highest BCUT2D eigenvalue weighted by Gasteiger charge is 2.37. The number of hydrogen-bond donors (Lipinski definition) is 2. The van der Waals surface area contributed by atoms with E-state index in [0.717, 1.165) is 44.7 Å². The molecule has 2 N–H and O–H groups in total. The fourth-order valence-electron chi connectivity index (χ4n) is 4.52. The van der Waals surface area contributed by atoms with Crippen LogP contribution in [0.3, 0.4) is 0 Å². The highest BCUT2D eigenvalue weighted by Crippen LogP contribution is 2.32. The Bertz CT molecular complexity index is 781. The molecule has 1 amide bonds. The van der Waals surface area contributed by atoms with Crippen molar-refractivity contribution in [1.82, 2.24) is 20.9 Å². The fraction of sp³-hybridized carbons (Fsp3) is 0.545. The van der Waals surface area contributed by atoms with Crippen LogP contribution in [-0.2, 0) is 6.42 Å². The Morgan fingerprint density at radius 1 is 1.25 bits per heavy atom. The molecule has 2 aliphatic heterocycles. The maximum atomic E-state index is 12.8. The lowest BCUT2D eigenvalue weighted by atomic mass is 9.80. The minimum Gasteiger partial charge on any atom is -0.361 e. The van der Waals surface area contributed by atoms with Gasteiger partial charge in [0.2, 0.25) is 0 Å². The van der Waals surface area contributed by atoms with Crippen LogP contribution in [0.2, 0.25) is 0 Å². The number of amides is 1. The molecule has 3 heterocycles. The molecule has 0 bridgehead atoms. The van der Waals surface area contributed by atoms with E-state index in [1.165, 1.54) is 5.56 Å². The number of nitrogens with zero attached hydrogens (tertiary/aromatic N) is 2. The molecule has 150 valence electrons. The van der Waals surface area contributed by atoms with Gasteiger partial charge in [-0.25, -0.2) is 0 Å². The Labute approximate surface area is 166 Å². The van der Waals surface area contributed by atoms with E-state index in [-0.39, 0.29) is 5.91 Å². The SMILES string of the molecule is CC(C)Cc1cc(C(=O)N2CCC(C3NNCC3c3ccccc3)CC2)no1. The Hall–Kier alpha value is -2.18. The van der Waals surface area contributed by atoms with Crippen molar-refractivity contribution in [3.05, 3.63) is 53.4 Å². The lowest BCUT2D eigenvalue weighted by molar-refractivity contribution is 0.0659. The first-order valence-corrected chi connectivity index (χ1v) is 10.4. The molecular formula is C22H30N4O2. The number of rotatable bonds is 5. The first kappa shape index (κ1) is 19.2. The van der Waals surface area contributed by atoms with Gasteiger partial charge in [0.25, 0.3) is 5.91 Å². The normalized spacial score (nSPS) is 23.5. The maximum Gasteiger partial charge on any atom is 0.276 e. The third-order valence-electron chi connectivity index (χ3n) is 5.97. The van der Waals surface area contributed by atoms with Crippen molar-refractivity contribution in [1.29, 1.82) is 0 Å². The average molecular weight is 383 g/mol. The minimum absolute atomic E-state index is 0.00526. The van der Waals surface area contributed by atoms with Crippen LogP contribution in [0.5, 0.6) is 0 Å². The molecule has 2 unspecified atom stereocenters. The van der Waals surface area contributed by atoms with Gasteiger partial charge in [0, 0.05) is 44.1 Å². The van der Waals surface area contributed by atoms with Crippen molar-refractivity contribution in [3.63, 3.8) is 0 Å². The molecule has 2 atom stereocenters. The van der Waals surface area contributed by atoms with Crippen LogP contribution in [-0.4, -0.2) is 41.6 Å². The van der Waals surface area contributed by atoms with E-state index in [0.29, 0.717) is 29.5 Å². The van der Waals surface area contributed by atoms with E-state index < -0.39 is 0 Å². The van der Waals surface area contributed by atoms with Crippen molar-refractivity contribution in [2.45, 2.75) is 45.1 Å². The first-order valence-electron chi connectivity index (χ1n) is 10.4. The van der Waals surface area contributed by atoms with Crippen LogP contribution in [0.15, 0.2) is 40.9 Å². The van der Waals surface area contributed by atoms with Crippen LogP contribution in [0.1, 0.15) is 54.4 Å². The van der Waals surface area contributed by atoms with Gasteiger partial charge in [-0.05, 0) is 30.2 Å². The van der Waals surface area contributed by atoms with Gasteiger partial charge in [-0.3, -0.25) is 15.6 Å². The van der Waals surface area contributed by atoms with E-state index in [4.69, 9.17) is 4.52 Å². The number of benzene rings is 1. The lowest BCUT2D eigenvalue weighted by Crippen LogP contribution is -2.45. The van der Waals surface area contributed by atoms with E-state index >= 15 is 0 Å². The number of carbonyl (C=O) groups excluding carboxylic acids is 1. The van der Waals surface area contributed by atoms with Gasteiger partial charge < -0.3 is 9.42 Å². The number of carbonyl (C=O) groups is 1. The molecule has 0 aliphatic carbocycles. The summed E-state index contributed by atoms with van der Waals surface area (Å²) >= 11 is 0. The highest BCUT2D eigenvalue weighted by molar-refractivity contribution is 5.92. The highest BCUT2D eigenvalue weighted by atomic mass is 16.5. The zero-order chi connectivity index (χ0) is 19.5. The monoisotopic (exact) mass is 382 g/mol. The van der Waals surface area contributed by atoms with Crippen LogP contribution < -0.4 is 10.9 Å². The van der Waals surface area contributed by atoms with Gasteiger partial charge in [0.1, 0.15) is 5.76 Å². The summed E-state index contributed by atoms with van der Waals surface area (Å²) in [6.45, 7) is 6.75. The van der Waals surface area contributed by atoms with E-state index in [2.05, 4.69) is 60.2 Å². The molecule has 2 aliphatic rings. The molecule has 6 heteroatoms. The van der Waals surface area contributed by atoms with Crippen molar-refractivity contribution in [2.75, 3.05) is 19.6 Å². The predicted octanol–water partition coefficient (Wildman–Crippen LogP) is 2.99. The zero-order valence-electron chi connectivity index (χ0n) is 16.7. The topological polar surface area (TPSA) is 70.4 Å². The number of nitrogens with one attached hydrogen (secondary N) is 2. The molecule has 0 saturated carbocycles. The summed E-state index contributed by atoms with van der Waals surface area (Å²) in [5, 5.41) is 4.00. The molecule has 6 nitrogen and oxygen atoms in total. The molecule has 2 aromatic rings. The Morgan fingerprint density at radius 3 is 2.71 bits per heavy atom. The summed E-state index contributed by atoms with van der Waals surface area (Å²) in [6, 6.07) is 12.9. The summed E-state index contributed by atoms with van der Waals surface area (Å²) in [6.07, 6.45) is 2.82. The molecule has 4 rings (SSSR count). The second-order valence-corrected chi connectivity index (χ2v) is 8.47. The van der Waals surface area contributed by atoms with Gasteiger partial charge >= 0.3 is 0 Å². The Kier molecular flexibility index (Phi) is 5.78. The predicted molar refractivity (Wildman–Crippen MR) is 108 cm³/mol. The smallest absolute Gasteiger partial charge is 0.276 e. The summed E-state index contributed by atoms with van der Waals surface area (Å²) in [7, 11) is 0. The second-order valence-electron chi connectivity index (χ2n) is 8.47. The van der Waals surface area contributed by atoms with Gasteiger partial charge in [-0.2, -0.15) is 0 Å². The van der Waals surface area contributed by atoms with Crippen molar-refractivity contribution < 1.29 is 9.32 Å². The standard InChI is InChI=1S/C22H30N4O2/c1-15(2)12-18-13-20(25-28-18)22(27)26-10-8-17(9-11-26)21-19(14-23-24-21)16-6-4-3-5-7-16/h3-7,13,15,17,19,21,23-24H,8-12,14H2,1-2H3. The van der Waals surface area contributed by atoms with Crippen LogP contribution in [0, 0.1) is 11.8 Å². The van der Waals surface area contributed by atoms with Gasteiger partial charge in [0.15, 0.2) is 5.69 Å². The molecule has 2 saturated heterocycles. The Morgan fingerprint density at radius 2 is 2.00 bits per heavy atom. The maximum absolute atomic E-state index is 12.8. The lowest BCUT2D eigenvalue weighted by Gasteiger charge is -2.36.